The second kappa shape index (κ2) is 9.86. The highest BCUT2D eigenvalue weighted by Gasteiger charge is 2.69. The van der Waals surface area contributed by atoms with Crippen LogP contribution >= 0.6 is 34.7 Å². The molecule has 2 amide bonds. The van der Waals surface area contributed by atoms with Crippen molar-refractivity contribution in [1.82, 2.24) is 4.98 Å². The summed E-state index contributed by atoms with van der Waals surface area (Å²) in [6.45, 7) is 2.56. The van der Waals surface area contributed by atoms with E-state index >= 15 is 0 Å². The van der Waals surface area contributed by atoms with Crippen LogP contribution in [0.15, 0.2) is 82.6 Å². The number of carbonyl (C=O) groups is 2. The molecule has 2 bridgehead atoms. The molecule has 3 aromatic carbocycles. The number of aromatic amines is 1. The number of amides is 2. The summed E-state index contributed by atoms with van der Waals surface area (Å²) in [4.78, 5) is 45.6. The van der Waals surface area contributed by atoms with Gasteiger partial charge >= 0.3 is 4.87 Å². The van der Waals surface area contributed by atoms with Gasteiger partial charge in [-0.25, -0.2) is 0 Å². The van der Waals surface area contributed by atoms with E-state index in [-0.39, 0.29) is 57.4 Å². The van der Waals surface area contributed by atoms with Crippen LogP contribution in [-0.2, 0) is 16.2 Å². The van der Waals surface area contributed by atoms with Gasteiger partial charge in [-0.15, -0.1) is 11.8 Å². The number of nitrogens with zero attached hydrogens (tertiary/aromatic N) is 1. The number of carbonyl (C=O) groups excluding carboxylic acids is 2. The maximum Gasteiger partial charge on any atom is 0.305 e. The number of halogens is 1. The molecule has 0 spiro atoms. The Bertz CT molecular complexity index is 1780. The van der Waals surface area contributed by atoms with Gasteiger partial charge in [0.25, 0.3) is 0 Å². The molecule has 7 atom stereocenters. The van der Waals surface area contributed by atoms with Gasteiger partial charge in [-0.2, -0.15) is 0 Å². The van der Waals surface area contributed by atoms with Crippen LogP contribution in [0.5, 0.6) is 5.75 Å². The van der Waals surface area contributed by atoms with Gasteiger partial charge in [-0.1, -0.05) is 64.9 Å². The van der Waals surface area contributed by atoms with Crippen LogP contribution in [0, 0.1) is 36.5 Å². The van der Waals surface area contributed by atoms with E-state index in [4.69, 9.17) is 16.3 Å². The average Bonchev–Trinajstić information content (AvgIpc) is 3.72. The molecule has 42 heavy (non-hydrogen) atoms. The predicted octanol–water partition coefficient (Wildman–Crippen LogP) is 6.66. The van der Waals surface area contributed by atoms with Crippen molar-refractivity contribution in [1.29, 1.82) is 0 Å². The van der Waals surface area contributed by atoms with E-state index in [9.17, 15) is 14.4 Å². The van der Waals surface area contributed by atoms with Gasteiger partial charge < -0.3 is 9.72 Å². The van der Waals surface area contributed by atoms with Gasteiger partial charge in [0.15, 0.2) is 0 Å². The number of hydrogen-bond donors (Lipinski definition) is 1. The zero-order chi connectivity index (χ0) is 28.7. The van der Waals surface area contributed by atoms with E-state index < -0.39 is 0 Å². The zero-order valence-corrected chi connectivity index (χ0v) is 25.0. The first kappa shape index (κ1) is 26.3. The third-order valence-electron chi connectivity index (χ3n) is 9.54. The lowest BCUT2D eigenvalue weighted by atomic mass is 9.68. The fraction of sp³-hybridized carbons (Fsp3) is 0.303. The molecule has 212 valence electrons. The molecule has 3 fully saturated rings. The van der Waals surface area contributed by atoms with Crippen molar-refractivity contribution in [3.8, 4) is 5.75 Å². The summed E-state index contributed by atoms with van der Waals surface area (Å²) in [6, 6.07) is 23.4. The van der Waals surface area contributed by atoms with E-state index in [1.807, 2.05) is 18.2 Å². The number of H-pyrrole nitrogens is 1. The summed E-state index contributed by atoms with van der Waals surface area (Å²) in [6.07, 6.45) is 0.858. The number of thiazole rings is 1. The molecule has 4 aromatic rings. The zero-order valence-electron chi connectivity index (χ0n) is 22.7. The quantitative estimate of drug-likeness (QED) is 0.255. The SMILES string of the molecule is Cc1cccc(COc2ccc([C@@H]3c4sc(=O)[nH]c4S[C@@H]4[C@@H]5C[C@@H]([C@@H]6C(=O)N(c7ccc(Cl)cc7)C(=O)[C@@H]56)[C@@H]34)cc2)c1. The third-order valence-corrected chi connectivity index (χ3v) is 12.4. The molecule has 2 aliphatic heterocycles. The second-order valence-corrected chi connectivity index (χ2v) is 14.4. The van der Waals surface area contributed by atoms with Crippen LogP contribution < -0.4 is 14.5 Å². The van der Waals surface area contributed by atoms with Crippen molar-refractivity contribution >= 4 is 52.2 Å². The number of hydrogen-bond acceptors (Lipinski definition) is 6. The molecule has 2 aliphatic carbocycles. The molecule has 1 N–H and O–H groups in total. The molecule has 0 unspecified atom stereocenters. The molecule has 0 radical (unpaired) electrons. The lowest BCUT2D eigenvalue weighted by Crippen LogP contribution is -2.42. The van der Waals surface area contributed by atoms with E-state index in [0.717, 1.165) is 33.2 Å². The fourth-order valence-corrected chi connectivity index (χ4v) is 11.0. The Hall–Kier alpha value is -3.33. The first-order valence-corrected chi connectivity index (χ1v) is 16.3. The number of thioether (sulfide) groups is 1. The topological polar surface area (TPSA) is 79.5 Å². The number of nitrogens with one attached hydrogen (secondary N) is 1. The summed E-state index contributed by atoms with van der Waals surface area (Å²) in [7, 11) is 0. The van der Waals surface area contributed by atoms with Gasteiger partial charge in [0.2, 0.25) is 11.8 Å². The molecule has 8 rings (SSSR count). The first-order valence-electron chi connectivity index (χ1n) is 14.2. The molecule has 9 heteroatoms. The lowest BCUT2D eigenvalue weighted by Gasteiger charge is -2.43. The molecule has 2 saturated carbocycles. The number of ether oxygens (including phenoxy) is 1. The Morgan fingerprint density at radius 1 is 0.952 bits per heavy atom. The lowest BCUT2D eigenvalue weighted by molar-refractivity contribution is -0.123. The Kier molecular flexibility index (Phi) is 6.18. The fourth-order valence-electron chi connectivity index (χ4n) is 7.97. The van der Waals surface area contributed by atoms with Gasteiger partial charge in [0.05, 0.1) is 22.5 Å². The van der Waals surface area contributed by atoms with E-state index in [1.54, 1.807) is 36.0 Å². The average molecular weight is 615 g/mol. The summed E-state index contributed by atoms with van der Waals surface area (Å²) in [5, 5.41) is 1.62. The summed E-state index contributed by atoms with van der Waals surface area (Å²) < 4.78 is 6.09. The maximum absolute atomic E-state index is 13.9. The molecular weight excluding hydrogens is 588 g/mol. The third kappa shape index (κ3) is 4.02. The van der Waals surface area contributed by atoms with Crippen molar-refractivity contribution in [2.75, 3.05) is 4.90 Å². The Morgan fingerprint density at radius 3 is 2.43 bits per heavy atom. The normalized spacial score (nSPS) is 29.0. The minimum Gasteiger partial charge on any atom is -0.489 e. The van der Waals surface area contributed by atoms with Crippen molar-refractivity contribution in [2.45, 2.75) is 36.1 Å². The highest BCUT2D eigenvalue weighted by molar-refractivity contribution is 8.00. The van der Waals surface area contributed by atoms with Crippen LogP contribution in [0.4, 0.5) is 5.69 Å². The Morgan fingerprint density at radius 2 is 1.69 bits per heavy atom. The Labute approximate surface area is 256 Å². The monoisotopic (exact) mass is 614 g/mol. The Balaban J connectivity index is 1.11. The van der Waals surface area contributed by atoms with Crippen LogP contribution in [0.3, 0.4) is 0 Å². The van der Waals surface area contributed by atoms with Gasteiger partial charge in [-0.05, 0) is 78.6 Å². The molecule has 4 aliphatic rings. The van der Waals surface area contributed by atoms with Gasteiger partial charge in [-0.3, -0.25) is 19.3 Å². The minimum atomic E-state index is -0.336. The van der Waals surface area contributed by atoms with Gasteiger partial charge in [0.1, 0.15) is 12.4 Å². The van der Waals surface area contributed by atoms with Crippen molar-refractivity contribution in [3.05, 3.63) is 109 Å². The predicted molar refractivity (Wildman–Crippen MR) is 164 cm³/mol. The largest absolute Gasteiger partial charge is 0.489 e. The number of imide groups is 1. The molecular formula is C33H27ClN2O4S2. The van der Waals surface area contributed by atoms with Crippen molar-refractivity contribution in [2.24, 2.45) is 29.6 Å². The summed E-state index contributed by atoms with van der Waals surface area (Å²) in [5.41, 5.74) is 4.01. The molecule has 1 aromatic heterocycles. The van der Waals surface area contributed by atoms with E-state index in [2.05, 4.69) is 42.2 Å². The van der Waals surface area contributed by atoms with Crippen LogP contribution in [0.25, 0.3) is 0 Å². The number of aryl methyl sites for hydroxylation is 1. The summed E-state index contributed by atoms with van der Waals surface area (Å²) >= 11 is 9.05. The standard InChI is InChI=1S/C33H27ClN2O4S2/c1-16-3-2-4-17(13-16)15-40-21-11-5-18(6-12-21)24-25-22-14-23(28(25)41-30-29(24)42-33(39)35-30)27-26(22)31(37)36(32(27)38)20-9-7-19(34)8-10-20/h2-13,22-28H,14-15H2,1H3,(H,35,39)/t22-,23-,24+,25+,26+,27+,28-/m1/s1. The molecule has 1 saturated heterocycles. The second-order valence-electron chi connectivity index (χ2n) is 11.8. The first-order chi connectivity index (χ1) is 20.4. The number of aromatic nitrogens is 1. The molecule has 3 heterocycles. The van der Waals surface area contributed by atoms with Crippen LogP contribution in [0.1, 0.15) is 33.9 Å². The van der Waals surface area contributed by atoms with E-state index in [1.165, 1.54) is 21.8 Å². The molecule has 6 nitrogen and oxygen atoms in total. The number of fused-ring (bicyclic) bond motifs is 9. The van der Waals surface area contributed by atoms with Gasteiger partial charge in [0, 0.05) is 21.1 Å². The number of anilines is 1. The van der Waals surface area contributed by atoms with Crippen molar-refractivity contribution < 1.29 is 14.3 Å². The minimum absolute atomic E-state index is 0.0237. The van der Waals surface area contributed by atoms with Crippen LogP contribution in [-0.4, -0.2) is 22.0 Å². The highest BCUT2D eigenvalue weighted by atomic mass is 35.5. The van der Waals surface area contributed by atoms with E-state index in [0.29, 0.717) is 17.3 Å². The number of benzene rings is 3. The highest BCUT2D eigenvalue weighted by Crippen LogP contribution is 2.68. The van der Waals surface area contributed by atoms with Crippen molar-refractivity contribution in [3.63, 3.8) is 0 Å². The maximum atomic E-state index is 13.9. The summed E-state index contributed by atoms with van der Waals surface area (Å²) in [5.74, 6) is 0.204. The number of rotatable bonds is 5. The smallest absolute Gasteiger partial charge is 0.305 e. The van der Waals surface area contributed by atoms with Crippen LogP contribution in [0.2, 0.25) is 5.02 Å².